The molecule has 1 saturated heterocycles. The zero-order chi connectivity index (χ0) is 11.7. The van der Waals surface area contributed by atoms with Gasteiger partial charge in [0.2, 0.25) is 0 Å². The van der Waals surface area contributed by atoms with Crippen LogP contribution in [0.5, 0.6) is 0 Å². The maximum absolute atomic E-state index is 12.1. The first kappa shape index (κ1) is 11.0. The van der Waals surface area contributed by atoms with Crippen molar-refractivity contribution in [3.63, 3.8) is 0 Å². The van der Waals surface area contributed by atoms with Gasteiger partial charge >= 0.3 is 6.03 Å². The lowest BCUT2D eigenvalue weighted by molar-refractivity contribution is 0.229. The maximum atomic E-state index is 12.1. The number of amides is 2. The molecule has 0 aliphatic carbocycles. The van der Waals surface area contributed by atoms with Crippen LogP contribution in [0.3, 0.4) is 0 Å². The molecule has 1 aromatic rings. The molecule has 0 radical (unpaired) electrons. The molecule has 1 aliphatic rings. The average Bonchev–Trinajstić information content (AvgIpc) is 2.57. The molecule has 3 heteroatoms. The Morgan fingerprint density at radius 1 is 1.25 bits per heavy atom. The molecule has 1 aromatic carbocycles. The number of anilines is 1. The van der Waals surface area contributed by atoms with E-state index in [0.717, 1.165) is 12.2 Å². The smallest absolute Gasteiger partial charge is 0.324 e. The van der Waals surface area contributed by atoms with Gasteiger partial charge in [-0.3, -0.25) is 4.90 Å². The fraction of sp³-hybridized carbons (Fsp3) is 0.462. The Hall–Kier alpha value is -1.51. The van der Waals surface area contributed by atoms with E-state index in [1.807, 2.05) is 42.3 Å². The number of hydrogen-bond donors (Lipinski definition) is 0. The summed E-state index contributed by atoms with van der Waals surface area (Å²) >= 11 is 0. The van der Waals surface area contributed by atoms with Gasteiger partial charge in [0.05, 0.1) is 6.04 Å². The van der Waals surface area contributed by atoms with Crippen LogP contribution in [-0.4, -0.2) is 30.6 Å². The first-order valence-corrected chi connectivity index (χ1v) is 5.70. The third-order valence-corrected chi connectivity index (χ3v) is 3.13. The van der Waals surface area contributed by atoms with Gasteiger partial charge in [-0.2, -0.15) is 0 Å². The lowest BCUT2D eigenvalue weighted by Gasteiger charge is -2.25. The first-order valence-electron chi connectivity index (χ1n) is 5.70. The number of likely N-dealkylation sites (N-methyl/N-ethyl adjacent to an activating group) is 1. The molecular formula is C13H18N2O. The van der Waals surface area contributed by atoms with Crippen LogP contribution < -0.4 is 4.90 Å². The Balaban J connectivity index is 2.33. The second-order valence-corrected chi connectivity index (χ2v) is 4.68. The first-order chi connectivity index (χ1) is 7.61. The van der Waals surface area contributed by atoms with Crippen LogP contribution >= 0.6 is 0 Å². The average molecular weight is 218 g/mol. The molecule has 3 nitrogen and oxygen atoms in total. The van der Waals surface area contributed by atoms with E-state index >= 15 is 0 Å². The van der Waals surface area contributed by atoms with Crippen molar-refractivity contribution in [2.24, 2.45) is 5.92 Å². The molecule has 86 valence electrons. The van der Waals surface area contributed by atoms with Crippen molar-refractivity contribution in [2.75, 3.05) is 18.5 Å². The minimum Gasteiger partial charge on any atom is -0.325 e. The van der Waals surface area contributed by atoms with E-state index < -0.39 is 0 Å². The predicted octanol–water partition coefficient (Wildman–Crippen LogP) is 2.58. The van der Waals surface area contributed by atoms with E-state index in [1.165, 1.54) is 0 Å². The SMILES string of the molecule is CC(C)C1CN(C)C(=O)N1c1ccccc1. The summed E-state index contributed by atoms with van der Waals surface area (Å²) in [7, 11) is 1.86. The minimum absolute atomic E-state index is 0.102. The molecule has 0 bridgehead atoms. The summed E-state index contributed by atoms with van der Waals surface area (Å²) in [5.74, 6) is 0.467. The highest BCUT2D eigenvalue weighted by atomic mass is 16.2. The summed E-state index contributed by atoms with van der Waals surface area (Å²) in [5, 5.41) is 0. The van der Waals surface area contributed by atoms with Crippen molar-refractivity contribution in [3.05, 3.63) is 30.3 Å². The maximum Gasteiger partial charge on any atom is 0.324 e. The van der Waals surface area contributed by atoms with Gasteiger partial charge in [0, 0.05) is 19.3 Å². The second kappa shape index (κ2) is 4.16. The summed E-state index contributed by atoms with van der Waals surface area (Å²) in [4.78, 5) is 15.8. The molecule has 1 heterocycles. The van der Waals surface area contributed by atoms with Gasteiger partial charge in [-0.1, -0.05) is 32.0 Å². The van der Waals surface area contributed by atoms with Crippen LogP contribution in [0.25, 0.3) is 0 Å². The lowest BCUT2D eigenvalue weighted by Crippen LogP contribution is -2.37. The number of carbonyl (C=O) groups is 1. The van der Waals surface area contributed by atoms with E-state index in [2.05, 4.69) is 13.8 Å². The quantitative estimate of drug-likeness (QED) is 0.748. The monoisotopic (exact) mass is 218 g/mol. The van der Waals surface area contributed by atoms with Gasteiger partial charge < -0.3 is 4.90 Å². The molecule has 2 amide bonds. The zero-order valence-corrected chi connectivity index (χ0v) is 10.1. The van der Waals surface area contributed by atoms with E-state index in [1.54, 1.807) is 4.90 Å². The third kappa shape index (κ3) is 1.77. The predicted molar refractivity (Wildman–Crippen MR) is 65.6 cm³/mol. The third-order valence-electron chi connectivity index (χ3n) is 3.13. The molecule has 0 aromatic heterocycles. The molecule has 16 heavy (non-hydrogen) atoms. The van der Waals surface area contributed by atoms with Crippen LogP contribution in [-0.2, 0) is 0 Å². The summed E-state index contributed by atoms with van der Waals surface area (Å²) in [6.45, 7) is 5.13. The van der Waals surface area contributed by atoms with Gasteiger partial charge in [-0.25, -0.2) is 4.79 Å². The number of nitrogens with zero attached hydrogens (tertiary/aromatic N) is 2. The van der Waals surface area contributed by atoms with E-state index in [0.29, 0.717) is 5.92 Å². The molecule has 1 aliphatic heterocycles. The highest BCUT2D eigenvalue weighted by Gasteiger charge is 2.37. The van der Waals surface area contributed by atoms with Crippen molar-refractivity contribution in [3.8, 4) is 0 Å². The fourth-order valence-electron chi connectivity index (χ4n) is 2.17. The van der Waals surface area contributed by atoms with Crippen LogP contribution in [0.15, 0.2) is 30.3 Å². The van der Waals surface area contributed by atoms with Crippen molar-refractivity contribution in [2.45, 2.75) is 19.9 Å². The molecule has 1 unspecified atom stereocenters. The lowest BCUT2D eigenvalue weighted by atomic mass is 10.0. The molecule has 0 spiro atoms. The van der Waals surface area contributed by atoms with Gasteiger partial charge in [0.15, 0.2) is 0 Å². The number of benzene rings is 1. The molecule has 0 saturated carbocycles. The van der Waals surface area contributed by atoms with Crippen LogP contribution in [0.4, 0.5) is 10.5 Å². The summed E-state index contributed by atoms with van der Waals surface area (Å²) < 4.78 is 0. The van der Waals surface area contributed by atoms with Crippen LogP contribution in [0, 0.1) is 5.92 Å². The van der Waals surface area contributed by atoms with Crippen molar-refractivity contribution < 1.29 is 4.79 Å². The highest BCUT2D eigenvalue weighted by molar-refractivity contribution is 5.94. The molecular weight excluding hydrogens is 200 g/mol. The molecule has 2 rings (SSSR count). The fourth-order valence-corrected chi connectivity index (χ4v) is 2.17. The Bertz CT molecular complexity index is 375. The van der Waals surface area contributed by atoms with Crippen LogP contribution in [0.2, 0.25) is 0 Å². The van der Waals surface area contributed by atoms with Gasteiger partial charge in [0.25, 0.3) is 0 Å². The Kier molecular flexibility index (Phi) is 2.86. The number of urea groups is 1. The number of carbonyl (C=O) groups excluding carboxylic acids is 1. The van der Waals surface area contributed by atoms with Crippen LogP contribution in [0.1, 0.15) is 13.8 Å². The molecule has 1 fully saturated rings. The topological polar surface area (TPSA) is 23.6 Å². The largest absolute Gasteiger partial charge is 0.325 e. The van der Waals surface area contributed by atoms with Crippen molar-refractivity contribution in [1.29, 1.82) is 0 Å². The van der Waals surface area contributed by atoms with Gasteiger partial charge in [-0.05, 0) is 18.1 Å². The number of hydrogen-bond acceptors (Lipinski definition) is 1. The Morgan fingerprint density at radius 2 is 1.88 bits per heavy atom. The normalized spacial score (nSPS) is 21.0. The molecule has 1 atom stereocenters. The second-order valence-electron chi connectivity index (χ2n) is 4.68. The van der Waals surface area contributed by atoms with Crippen molar-refractivity contribution >= 4 is 11.7 Å². The highest BCUT2D eigenvalue weighted by Crippen LogP contribution is 2.27. The number of rotatable bonds is 2. The van der Waals surface area contributed by atoms with E-state index in [-0.39, 0.29) is 12.1 Å². The van der Waals surface area contributed by atoms with Gasteiger partial charge in [-0.15, -0.1) is 0 Å². The Morgan fingerprint density at radius 3 is 2.44 bits per heavy atom. The van der Waals surface area contributed by atoms with E-state index in [4.69, 9.17) is 0 Å². The van der Waals surface area contributed by atoms with Gasteiger partial charge in [0.1, 0.15) is 0 Å². The zero-order valence-electron chi connectivity index (χ0n) is 10.1. The molecule has 0 N–H and O–H groups in total. The Labute approximate surface area is 96.7 Å². The number of para-hydroxylation sites is 1. The summed E-state index contributed by atoms with van der Waals surface area (Å²) in [6.07, 6.45) is 0. The minimum atomic E-state index is 0.102. The standard InChI is InChI=1S/C13H18N2O/c1-10(2)12-9-14(3)13(16)15(12)11-7-5-4-6-8-11/h4-8,10,12H,9H2,1-3H3. The van der Waals surface area contributed by atoms with Crippen molar-refractivity contribution in [1.82, 2.24) is 4.90 Å². The van der Waals surface area contributed by atoms with E-state index in [9.17, 15) is 4.79 Å². The summed E-state index contributed by atoms with van der Waals surface area (Å²) in [5.41, 5.74) is 0.996. The summed E-state index contributed by atoms with van der Waals surface area (Å²) in [6, 6.07) is 10.3.